The average molecular weight is 299 g/mol. The quantitative estimate of drug-likeness (QED) is 0.776. The van der Waals surface area contributed by atoms with Crippen LogP contribution in [-0.4, -0.2) is 48.3 Å². The Morgan fingerprint density at radius 3 is 2.33 bits per heavy atom. The zero-order valence-electron chi connectivity index (χ0n) is 15.5. The Morgan fingerprint density at radius 1 is 1.24 bits per heavy atom. The second-order valence-corrected chi connectivity index (χ2v) is 7.71. The summed E-state index contributed by atoms with van der Waals surface area (Å²) in [5, 5.41) is 3.82. The third-order valence-electron chi connectivity index (χ3n) is 5.32. The Hall–Kier alpha value is -0.120. The predicted molar refractivity (Wildman–Crippen MR) is 91.8 cm³/mol. The lowest BCUT2D eigenvalue weighted by Gasteiger charge is -2.51. The maximum atomic E-state index is 5.97. The molecule has 0 aromatic heterocycles. The Labute approximate surface area is 132 Å². The normalized spacial score (nSPS) is 25.0. The van der Waals surface area contributed by atoms with Crippen molar-refractivity contribution < 1.29 is 4.74 Å². The topological polar surface area (TPSA) is 24.5 Å². The van der Waals surface area contributed by atoms with Gasteiger partial charge in [-0.25, -0.2) is 0 Å². The van der Waals surface area contributed by atoms with Crippen LogP contribution in [0.15, 0.2) is 0 Å². The second-order valence-electron chi connectivity index (χ2n) is 7.71. The number of piperazine rings is 1. The molecule has 0 aromatic carbocycles. The lowest BCUT2D eigenvalue weighted by molar-refractivity contribution is -0.0449. The van der Waals surface area contributed by atoms with Crippen molar-refractivity contribution in [2.45, 2.75) is 84.9 Å². The molecule has 3 heteroatoms. The molecule has 1 aliphatic rings. The van der Waals surface area contributed by atoms with Gasteiger partial charge in [0.25, 0.3) is 0 Å². The van der Waals surface area contributed by atoms with Crippen LogP contribution in [0.2, 0.25) is 0 Å². The summed E-state index contributed by atoms with van der Waals surface area (Å²) in [7, 11) is 0. The molecule has 2 unspecified atom stereocenters. The van der Waals surface area contributed by atoms with Gasteiger partial charge in [0.2, 0.25) is 0 Å². The van der Waals surface area contributed by atoms with Gasteiger partial charge in [0, 0.05) is 31.2 Å². The Kier molecular flexibility index (Phi) is 7.15. The Morgan fingerprint density at radius 2 is 1.86 bits per heavy atom. The van der Waals surface area contributed by atoms with Crippen molar-refractivity contribution in [3.05, 3.63) is 0 Å². The molecule has 3 nitrogen and oxygen atoms in total. The molecule has 1 heterocycles. The molecule has 0 aromatic rings. The highest BCUT2D eigenvalue weighted by Crippen LogP contribution is 2.29. The van der Waals surface area contributed by atoms with Crippen LogP contribution in [0.5, 0.6) is 0 Å². The van der Waals surface area contributed by atoms with Crippen LogP contribution in [0.25, 0.3) is 0 Å². The van der Waals surface area contributed by atoms with Crippen LogP contribution in [0.4, 0.5) is 0 Å². The molecule has 1 aliphatic heterocycles. The summed E-state index contributed by atoms with van der Waals surface area (Å²) in [6.07, 6.45) is 3.66. The van der Waals surface area contributed by atoms with E-state index in [2.05, 4.69) is 58.7 Å². The molecule has 1 rings (SSSR count). The van der Waals surface area contributed by atoms with Crippen LogP contribution in [0.1, 0.15) is 67.7 Å². The largest absolute Gasteiger partial charge is 0.375 e. The van der Waals surface area contributed by atoms with Gasteiger partial charge in [0.1, 0.15) is 0 Å². The molecule has 0 spiro atoms. The van der Waals surface area contributed by atoms with Crippen LogP contribution in [0, 0.1) is 5.92 Å². The number of hydrogen-bond donors (Lipinski definition) is 1. The van der Waals surface area contributed by atoms with Gasteiger partial charge in [-0.3, -0.25) is 4.90 Å². The first-order valence-corrected chi connectivity index (χ1v) is 8.90. The van der Waals surface area contributed by atoms with Crippen LogP contribution in [0.3, 0.4) is 0 Å². The first-order chi connectivity index (χ1) is 9.78. The summed E-state index contributed by atoms with van der Waals surface area (Å²) >= 11 is 0. The van der Waals surface area contributed by atoms with Crippen molar-refractivity contribution >= 4 is 0 Å². The molecule has 0 aliphatic carbocycles. The molecule has 1 N–H and O–H groups in total. The zero-order valence-corrected chi connectivity index (χ0v) is 15.5. The van der Waals surface area contributed by atoms with Crippen molar-refractivity contribution in [3.8, 4) is 0 Å². The van der Waals surface area contributed by atoms with E-state index in [1.54, 1.807) is 0 Å². The number of rotatable bonds is 7. The number of hydrogen-bond acceptors (Lipinski definition) is 3. The number of ether oxygens (including phenoxy) is 1. The molecule has 1 fully saturated rings. The minimum atomic E-state index is -0.0365. The molecule has 2 atom stereocenters. The zero-order chi connectivity index (χ0) is 16.1. The summed E-state index contributed by atoms with van der Waals surface area (Å²) in [6, 6.07) is 0.621. The van der Waals surface area contributed by atoms with Gasteiger partial charge < -0.3 is 10.1 Å². The molecule has 21 heavy (non-hydrogen) atoms. The third-order valence-corrected chi connectivity index (χ3v) is 5.32. The van der Waals surface area contributed by atoms with E-state index < -0.39 is 0 Å². The van der Waals surface area contributed by atoms with E-state index in [9.17, 15) is 0 Å². The molecule has 126 valence electrons. The van der Waals surface area contributed by atoms with Gasteiger partial charge in [0.15, 0.2) is 0 Å². The van der Waals surface area contributed by atoms with Crippen LogP contribution in [-0.2, 0) is 4.74 Å². The standard InChI is InChI=1S/C18H38N2O/c1-8-15(4)16-13-20(11-12-21-17(5,6)7)18(9-2,10-3)14-19-16/h15-16,19H,8-14H2,1-7H3. The second kappa shape index (κ2) is 7.94. The highest BCUT2D eigenvalue weighted by atomic mass is 16.5. The molecular weight excluding hydrogens is 260 g/mol. The van der Waals surface area contributed by atoms with E-state index >= 15 is 0 Å². The van der Waals surface area contributed by atoms with Crippen molar-refractivity contribution in [2.24, 2.45) is 5.92 Å². The van der Waals surface area contributed by atoms with E-state index in [4.69, 9.17) is 4.74 Å². The maximum Gasteiger partial charge on any atom is 0.0600 e. The third kappa shape index (κ3) is 5.22. The highest BCUT2D eigenvalue weighted by Gasteiger charge is 2.39. The van der Waals surface area contributed by atoms with E-state index in [1.165, 1.54) is 19.3 Å². The lowest BCUT2D eigenvalue weighted by Crippen LogP contribution is -2.66. The first kappa shape index (κ1) is 18.9. The van der Waals surface area contributed by atoms with Crippen LogP contribution < -0.4 is 5.32 Å². The molecule has 0 radical (unpaired) electrons. The van der Waals surface area contributed by atoms with Gasteiger partial charge >= 0.3 is 0 Å². The first-order valence-electron chi connectivity index (χ1n) is 8.90. The average Bonchev–Trinajstić information content (AvgIpc) is 2.45. The summed E-state index contributed by atoms with van der Waals surface area (Å²) in [6.45, 7) is 19.9. The SMILES string of the molecule is CCC(C)C1CN(CCOC(C)(C)C)C(CC)(CC)CN1. The van der Waals surface area contributed by atoms with Gasteiger partial charge in [-0.15, -0.1) is 0 Å². The van der Waals surface area contributed by atoms with Crippen molar-refractivity contribution in [3.63, 3.8) is 0 Å². The fraction of sp³-hybridized carbons (Fsp3) is 1.00. The maximum absolute atomic E-state index is 5.97. The minimum Gasteiger partial charge on any atom is -0.375 e. The lowest BCUT2D eigenvalue weighted by atomic mass is 9.84. The van der Waals surface area contributed by atoms with Crippen molar-refractivity contribution in [1.82, 2.24) is 10.2 Å². The summed E-state index contributed by atoms with van der Waals surface area (Å²) in [5.74, 6) is 0.739. The van der Waals surface area contributed by atoms with Crippen molar-refractivity contribution in [1.29, 1.82) is 0 Å². The van der Waals surface area contributed by atoms with Gasteiger partial charge in [0.05, 0.1) is 12.2 Å². The van der Waals surface area contributed by atoms with E-state index in [-0.39, 0.29) is 5.60 Å². The van der Waals surface area contributed by atoms with E-state index in [0.29, 0.717) is 11.6 Å². The Balaban J connectivity index is 2.69. The van der Waals surface area contributed by atoms with Crippen molar-refractivity contribution in [2.75, 3.05) is 26.2 Å². The smallest absolute Gasteiger partial charge is 0.0600 e. The molecule has 1 saturated heterocycles. The Bertz CT molecular complexity index is 294. The fourth-order valence-electron chi connectivity index (χ4n) is 3.33. The van der Waals surface area contributed by atoms with Gasteiger partial charge in [-0.2, -0.15) is 0 Å². The van der Waals surface area contributed by atoms with Gasteiger partial charge in [-0.05, 0) is 39.5 Å². The molecule has 0 bridgehead atoms. The predicted octanol–water partition coefficient (Wildman–Crippen LogP) is 3.68. The van der Waals surface area contributed by atoms with Gasteiger partial charge in [-0.1, -0.05) is 34.1 Å². The minimum absolute atomic E-state index is 0.0365. The molecule has 0 saturated carbocycles. The summed E-state index contributed by atoms with van der Waals surface area (Å²) in [5.41, 5.74) is 0.274. The summed E-state index contributed by atoms with van der Waals surface area (Å²) < 4.78 is 5.97. The van der Waals surface area contributed by atoms with E-state index in [0.717, 1.165) is 32.2 Å². The molecule has 0 amide bonds. The highest BCUT2D eigenvalue weighted by molar-refractivity contribution is 4.98. The van der Waals surface area contributed by atoms with E-state index in [1.807, 2.05) is 0 Å². The molecular formula is C18H38N2O. The fourth-order valence-corrected chi connectivity index (χ4v) is 3.33. The monoisotopic (exact) mass is 298 g/mol. The number of nitrogens with zero attached hydrogens (tertiary/aromatic N) is 1. The summed E-state index contributed by atoms with van der Waals surface area (Å²) in [4.78, 5) is 2.70. The number of nitrogens with one attached hydrogen (secondary N) is 1. The van der Waals surface area contributed by atoms with Crippen LogP contribution >= 0.6 is 0 Å².